The van der Waals surface area contributed by atoms with E-state index in [1.807, 2.05) is 6.08 Å². The Bertz CT molecular complexity index is 1320. The Kier molecular flexibility index (Phi) is 6.36. The molecule has 0 radical (unpaired) electrons. The van der Waals surface area contributed by atoms with Gasteiger partial charge >= 0.3 is 6.03 Å². The number of amides is 2. The molecule has 1 unspecified atom stereocenters. The highest BCUT2D eigenvalue weighted by Gasteiger charge is 2.26. The third-order valence-electron chi connectivity index (χ3n) is 5.43. The second-order valence-electron chi connectivity index (χ2n) is 7.40. The summed E-state index contributed by atoms with van der Waals surface area (Å²) >= 11 is 12.5. The number of nitrogen functional groups attached to an aromatic ring is 1. The molecule has 3 heterocycles. The van der Waals surface area contributed by atoms with Crippen molar-refractivity contribution in [2.24, 2.45) is 5.73 Å². The highest BCUT2D eigenvalue weighted by Crippen LogP contribution is 2.42. The zero-order valence-electron chi connectivity index (χ0n) is 17.3. The number of pyridine rings is 1. The number of hydrogen-bond acceptors (Lipinski definition) is 5. The molecule has 0 aliphatic carbocycles. The minimum absolute atomic E-state index is 0.0421. The molecular formula is C23H19Cl2FN4O3. The fraction of sp³-hybridized carbons (Fsp3) is 0.217. The summed E-state index contributed by atoms with van der Waals surface area (Å²) in [5.74, 6) is 2.04. The Morgan fingerprint density at radius 2 is 2.21 bits per heavy atom. The van der Waals surface area contributed by atoms with Crippen molar-refractivity contribution in [3.63, 3.8) is 0 Å². The van der Waals surface area contributed by atoms with Gasteiger partial charge in [0.15, 0.2) is 11.4 Å². The summed E-state index contributed by atoms with van der Waals surface area (Å²) in [6.07, 6.45) is 10.3. The molecule has 0 fully saturated rings. The second kappa shape index (κ2) is 9.22. The number of rotatable bonds is 5. The minimum atomic E-state index is -0.896. The predicted octanol–water partition coefficient (Wildman–Crippen LogP) is 5.17. The van der Waals surface area contributed by atoms with Gasteiger partial charge in [0, 0.05) is 35.4 Å². The zero-order chi connectivity index (χ0) is 23.7. The summed E-state index contributed by atoms with van der Waals surface area (Å²) in [5.41, 5.74) is 13.8. The zero-order valence-corrected chi connectivity index (χ0v) is 18.8. The lowest BCUT2D eigenvalue weighted by Gasteiger charge is -2.24. The number of halogens is 3. The van der Waals surface area contributed by atoms with E-state index in [0.717, 1.165) is 17.2 Å². The minimum Gasteiger partial charge on any atom is -0.477 e. The number of nitrogens with zero attached hydrogens (tertiary/aromatic N) is 2. The molecule has 4 N–H and O–H groups in total. The van der Waals surface area contributed by atoms with Crippen LogP contribution in [0.5, 0.6) is 5.75 Å². The fourth-order valence-corrected chi connectivity index (χ4v) is 4.36. The Balaban J connectivity index is 1.74. The molecule has 1 aromatic carbocycles. The Morgan fingerprint density at radius 3 is 2.88 bits per heavy atom. The van der Waals surface area contributed by atoms with Crippen LogP contribution in [-0.4, -0.2) is 29.0 Å². The number of fused-ring (bicyclic) bond motifs is 1. The number of terminal acetylenes is 1. The number of aromatic nitrogens is 1. The summed E-state index contributed by atoms with van der Waals surface area (Å²) in [6.45, 7) is 0.879. The fourth-order valence-electron chi connectivity index (χ4n) is 3.75. The van der Waals surface area contributed by atoms with Crippen molar-refractivity contribution in [1.82, 2.24) is 9.88 Å². The molecule has 0 saturated carbocycles. The summed E-state index contributed by atoms with van der Waals surface area (Å²) in [5, 5.41) is 0.675. The quantitative estimate of drug-likeness (QED) is 0.380. The third kappa shape index (κ3) is 4.30. The maximum absolute atomic E-state index is 14.1. The first-order chi connectivity index (χ1) is 15.8. The standard InChI is InChI=1S/C23H19Cl2FN4O3/c1-2-3-17(18-15(24)4-5-16(26)19(18)25)33-21-20-13(10-29-22(21)27)14(11-32-20)12-6-8-30(9-7-12)23(28)31/h1,4-6,10-11,17H,3,7-9H2,(H2,27,29)(H2,28,31). The molecule has 10 heteroatoms. The number of benzene rings is 1. The van der Waals surface area contributed by atoms with Crippen LogP contribution in [-0.2, 0) is 0 Å². The van der Waals surface area contributed by atoms with Crippen molar-refractivity contribution in [1.29, 1.82) is 0 Å². The first kappa shape index (κ1) is 22.8. The molecule has 2 amide bonds. The summed E-state index contributed by atoms with van der Waals surface area (Å²) in [4.78, 5) is 17.2. The molecule has 170 valence electrons. The molecule has 1 aliphatic rings. The van der Waals surface area contributed by atoms with E-state index in [1.165, 1.54) is 11.0 Å². The molecule has 1 atom stereocenters. The van der Waals surface area contributed by atoms with Crippen LogP contribution in [0, 0.1) is 18.2 Å². The van der Waals surface area contributed by atoms with Crippen LogP contribution in [0.15, 0.2) is 35.1 Å². The van der Waals surface area contributed by atoms with E-state index in [4.69, 9.17) is 50.2 Å². The van der Waals surface area contributed by atoms with Crippen molar-refractivity contribution < 1.29 is 18.3 Å². The number of hydrogen-bond donors (Lipinski definition) is 2. The molecule has 1 aliphatic heterocycles. The Hall–Kier alpha value is -3.41. The number of carbonyl (C=O) groups is 1. The lowest BCUT2D eigenvalue weighted by Crippen LogP contribution is -2.38. The van der Waals surface area contributed by atoms with Gasteiger partial charge in [-0.2, -0.15) is 0 Å². The molecule has 33 heavy (non-hydrogen) atoms. The van der Waals surface area contributed by atoms with Gasteiger partial charge in [0.25, 0.3) is 0 Å². The van der Waals surface area contributed by atoms with E-state index in [2.05, 4.69) is 10.9 Å². The Morgan fingerprint density at radius 1 is 1.42 bits per heavy atom. The van der Waals surface area contributed by atoms with Crippen molar-refractivity contribution in [2.45, 2.75) is 18.9 Å². The van der Waals surface area contributed by atoms with Gasteiger partial charge in [0.05, 0.1) is 23.1 Å². The van der Waals surface area contributed by atoms with Gasteiger partial charge in [-0.25, -0.2) is 14.2 Å². The molecule has 7 nitrogen and oxygen atoms in total. The van der Waals surface area contributed by atoms with E-state index in [1.54, 1.807) is 12.5 Å². The molecule has 0 bridgehead atoms. The molecule has 0 saturated heterocycles. The summed E-state index contributed by atoms with van der Waals surface area (Å²) in [7, 11) is 0. The van der Waals surface area contributed by atoms with E-state index in [-0.39, 0.29) is 33.6 Å². The third-order valence-corrected chi connectivity index (χ3v) is 6.15. The highest BCUT2D eigenvalue weighted by molar-refractivity contribution is 6.36. The molecule has 2 aromatic heterocycles. The maximum Gasteiger partial charge on any atom is 0.315 e. The second-order valence-corrected chi connectivity index (χ2v) is 8.19. The number of primary amides is 1. The molecule has 0 spiro atoms. The maximum atomic E-state index is 14.1. The van der Waals surface area contributed by atoms with Crippen LogP contribution < -0.4 is 16.2 Å². The van der Waals surface area contributed by atoms with Crippen LogP contribution >= 0.6 is 23.2 Å². The first-order valence-corrected chi connectivity index (χ1v) is 10.7. The SMILES string of the molecule is C#CCC(Oc1c(N)ncc2c(C3=CCN(C(N)=O)CC3)coc12)c1c(Cl)ccc(F)c1Cl. The van der Waals surface area contributed by atoms with Gasteiger partial charge in [-0.05, 0) is 24.1 Å². The lowest BCUT2D eigenvalue weighted by molar-refractivity contribution is 0.212. The van der Waals surface area contributed by atoms with Crippen LogP contribution in [0.1, 0.15) is 30.1 Å². The van der Waals surface area contributed by atoms with Crippen molar-refractivity contribution >= 4 is 51.6 Å². The van der Waals surface area contributed by atoms with Crippen LogP contribution in [0.25, 0.3) is 16.5 Å². The van der Waals surface area contributed by atoms with Gasteiger partial charge in [0.1, 0.15) is 11.9 Å². The van der Waals surface area contributed by atoms with Gasteiger partial charge < -0.3 is 25.5 Å². The van der Waals surface area contributed by atoms with Gasteiger partial charge in [-0.1, -0.05) is 29.3 Å². The van der Waals surface area contributed by atoms with Crippen molar-refractivity contribution in [3.8, 4) is 18.1 Å². The number of nitrogens with two attached hydrogens (primary N) is 2. The number of ether oxygens (including phenoxy) is 1. The number of urea groups is 1. The normalized spacial score (nSPS) is 14.6. The highest BCUT2D eigenvalue weighted by atomic mass is 35.5. The average Bonchev–Trinajstić information content (AvgIpc) is 3.23. The van der Waals surface area contributed by atoms with Gasteiger partial charge in [0.2, 0.25) is 5.75 Å². The van der Waals surface area contributed by atoms with Crippen LogP contribution in [0.4, 0.5) is 15.0 Å². The lowest BCUT2D eigenvalue weighted by atomic mass is 9.99. The average molecular weight is 489 g/mol. The van der Waals surface area contributed by atoms with Gasteiger partial charge in [-0.3, -0.25) is 0 Å². The van der Waals surface area contributed by atoms with E-state index in [0.29, 0.717) is 30.5 Å². The summed E-state index contributed by atoms with van der Waals surface area (Å²) < 4.78 is 26.0. The van der Waals surface area contributed by atoms with E-state index < -0.39 is 18.0 Å². The largest absolute Gasteiger partial charge is 0.477 e. The van der Waals surface area contributed by atoms with Crippen LogP contribution in [0.3, 0.4) is 0 Å². The van der Waals surface area contributed by atoms with Crippen molar-refractivity contribution in [2.75, 3.05) is 18.8 Å². The molecular weight excluding hydrogens is 470 g/mol. The van der Waals surface area contributed by atoms with E-state index >= 15 is 0 Å². The number of carbonyl (C=O) groups excluding carboxylic acids is 1. The summed E-state index contributed by atoms with van der Waals surface area (Å²) in [6, 6.07) is 2.07. The molecule has 4 rings (SSSR count). The monoisotopic (exact) mass is 488 g/mol. The van der Waals surface area contributed by atoms with Crippen LogP contribution in [0.2, 0.25) is 10.0 Å². The van der Waals surface area contributed by atoms with Crippen molar-refractivity contribution in [3.05, 3.63) is 57.7 Å². The smallest absolute Gasteiger partial charge is 0.315 e. The first-order valence-electron chi connectivity index (χ1n) is 9.94. The van der Waals surface area contributed by atoms with E-state index in [9.17, 15) is 9.18 Å². The Labute approximate surface area is 199 Å². The van der Waals surface area contributed by atoms with Gasteiger partial charge in [-0.15, -0.1) is 12.3 Å². The topological polar surface area (TPSA) is 108 Å². The molecule has 3 aromatic rings. The number of anilines is 1. The predicted molar refractivity (Wildman–Crippen MR) is 125 cm³/mol. The number of furan rings is 1.